The van der Waals surface area contributed by atoms with E-state index in [1.807, 2.05) is 40.6 Å². The monoisotopic (exact) mass is 473 g/mol. The molecule has 0 saturated carbocycles. The lowest BCUT2D eigenvalue weighted by molar-refractivity contribution is -0.167. The fraction of sp³-hybridized carbons (Fsp3) is 0.0370. The molecule has 0 bridgehead atoms. The molecule has 0 atom stereocenters. The van der Waals surface area contributed by atoms with E-state index in [4.69, 9.17) is 5.73 Å². The van der Waals surface area contributed by atoms with E-state index < -0.39 is 18.0 Å². The van der Waals surface area contributed by atoms with Gasteiger partial charge in [0, 0.05) is 33.8 Å². The van der Waals surface area contributed by atoms with E-state index >= 15 is 0 Å². The van der Waals surface area contributed by atoms with Gasteiger partial charge in [0.05, 0.1) is 11.4 Å². The Labute approximate surface area is 198 Å². The second-order valence-corrected chi connectivity index (χ2v) is 8.01. The summed E-state index contributed by atoms with van der Waals surface area (Å²) >= 11 is 0. The first-order valence-corrected chi connectivity index (χ1v) is 10.6. The maximum atomic E-state index is 13.1. The molecule has 0 radical (unpaired) electrons. The van der Waals surface area contributed by atoms with Gasteiger partial charge in [0.15, 0.2) is 0 Å². The third-order valence-corrected chi connectivity index (χ3v) is 5.83. The van der Waals surface area contributed by atoms with Crippen LogP contribution in [0.5, 0.6) is 0 Å². The quantitative estimate of drug-likeness (QED) is 0.611. The Kier molecular flexibility index (Phi) is 5.28. The number of alkyl halides is 3. The number of primary amides is 1. The van der Waals surface area contributed by atoms with Gasteiger partial charge < -0.3 is 16.0 Å². The molecule has 8 heteroatoms. The van der Waals surface area contributed by atoms with E-state index in [2.05, 4.69) is 0 Å². The summed E-state index contributed by atoms with van der Waals surface area (Å²) in [6.07, 6.45) is 1.81. The highest BCUT2D eigenvalue weighted by Crippen LogP contribution is 2.41. The van der Waals surface area contributed by atoms with Crippen LogP contribution in [0.2, 0.25) is 0 Å². The van der Waals surface area contributed by atoms with Gasteiger partial charge in [-0.25, -0.2) is 0 Å². The van der Waals surface area contributed by atoms with Crippen molar-refractivity contribution in [1.82, 2.24) is 0 Å². The molecule has 3 aromatic rings. The van der Waals surface area contributed by atoms with Gasteiger partial charge in [0.1, 0.15) is 0 Å². The largest absolute Gasteiger partial charge is 0.471 e. The maximum absolute atomic E-state index is 13.1. The van der Waals surface area contributed by atoms with E-state index in [1.165, 1.54) is 6.07 Å². The molecule has 3 N–H and O–H groups in total. The molecule has 5 nitrogen and oxygen atoms in total. The summed E-state index contributed by atoms with van der Waals surface area (Å²) in [5.74, 6) is -2.63. The van der Waals surface area contributed by atoms with Crippen LogP contribution in [0.3, 0.4) is 0 Å². The molecule has 2 heterocycles. The van der Waals surface area contributed by atoms with Crippen molar-refractivity contribution < 1.29 is 22.8 Å². The SMILES string of the molecule is NC(=O)C1=CC2=c3ccccc3=Cc3c(ccc(NC(=O)C(F)(F)F)c3-c3ccccc3)N2C=C1. The number of amides is 2. The molecule has 0 aliphatic carbocycles. The molecule has 2 aliphatic heterocycles. The highest BCUT2D eigenvalue weighted by molar-refractivity contribution is 6.04. The van der Waals surface area contributed by atoms with Crippen LogP contribution in [0.25, 0.3) is 22.9 Å². The van der Waals surface area contributed by atoms with Crippen LogP contribution >= 0.6 is 0 Å². The number of nitrogens with one attached hydrogen (secondary N) is 1. The topological polar surface area (TPSA) is 75.4 Å². The number of nitrogens with zero attached hydrogens (tertiary/aromatic N) is 1. The first-order chi connectivity index (χ1) is 16.7. The first-order valence-electron chi connectivity index (χ1n) is 10.6. The molecule has 2 amide bonds. The fourth-order valence-electron chi connectivity index (χ4n) is 4.26. The normalized spacial score (nSPS) is 14.1. The van der Waals surface area contributed by atoms with E-state index in [-0.39, 0.29) is 5.69 Å². The summed E-state index contributed by atoms with van der Waals surface area (Å²) in [6, 6.07) is 19.5. The van der Waals surface area contributed by atoms with Crippen LogP contribution in [0, 0.1) is 0 Å². The molecule has 3 aromatic carbocycles. The van der Waals surface area contributed by atoms with Gasteiger partial charge in [0.2, 0.25) is 5.91 Å². The lowest BCUT2D eigenvalue weighted by atomic mass is 9.94. The predicted molar refractivity (Wildman–Crippen MR) is 128 cm³/mol. The molecule has 35 heavy (non-hydrogen) atoms. The summed E-state index contributed by atoms with van der Waals surface area (Å²) in [5, 5.41) is 3.64. The number of nitrogens with two attached hydrogens (primary N) is 1. The molecule has 0 fully saturated rings. The molecular weight excluding hydrogens is 455 g/mol. The number of rotatable bonds is 3. The summed E-state index contributed by atoms with van der Waals surface area (Å²) in [7, 11) is 0. The zero-order valence-electron chi connectivity index (χ0n) is 18.1. The third kappa shape index (κ3) is 3.99. The summed E-state index contributed by atoms with van der Waals surface area (Å²) in [4.78, 5) is 25.6. The van der Waals surface area contributed by atoms with Crippen molar-refractivity contribution in [3.63, 3.8) is 0 Å². The highest BCUT2D eigenvalue weighted by Gasteiger charge is 2.39. The fourth-order valence-corrected chi connectivity index (χ4v) is 4.26. The number of fused-ring (bicyclic) bond motifs is 4. The van der Waals surface area contributed by atoms with Gasteiger partial charge in [-0.2, -0.15) is 13.2 Å². The molecule has 0 unspecified atom stereocenters. The average Bonchev–Trinajstić information content (AvgIpc) is 2.98. The lowest BCUT2D eigenvalue weighted by Crippen LogP contribution is -2.32. The van der Waals surface area contributed by atoms with Gasteiger partial charge in [-0.3, -0.25) is 9.59 Å². The Morgan fingerprint density at radius 1 is 0.886 bits per heavy atom. The number of hydrogen-bond acceptors (Lipinski definition) is 3. The number of benzene rings is 3. The molecular formula is C27H18F3N3O2. The summed E-state index contributed by atoms with van der Waals surface area (Å²) in [5.41, 5.74) is 8.91. The standard InChI is InChI=1S/C27H18F3N3O2/c28-27(29,30)26(35)32-21-10-11-22-20(24(21)16-6-2-1-3-7-16)14-17-8-4-5-9-19(17)23-15-18(25(31)34)12-13-33(22)23/h1-15H,(H2,31,34)(H,32,35). The van der Waals surface area contributed by atoms with Crippen molar-refractivity contribution in [3.05, 3.63) is 107 Å². The first kappa shape index (κ1) is 22.2. The van der Waals surface area contributed by atoms with Crippen LogP contribution in [-0.4, -0.2) is 18.0 Å². The van der Waals surface area contributed by atoms with Crippen molar-refractivity contribution in [2.75, 3.05) is 10.2 Å². The molecule has 2 aliphatic rings. The Morgan fingerprint density at radius 3 is 2.31 bits per heavy atom. The van der Waals surface area contributed by atoms with Gasteiger partial charge in [-0.05, 0) is 41.1 Å². The number of carbonyl (C=O) groups excluding carboxylic acids is 2. The average molecular weight is 473 g/mol. The van der Waals surface area contributed by atoms with Crippen molar-refractivity contribution in [1.29, 1.82) is 0 Å². The Morgan fingerprint density at radius 2 is 1.60 bits per heavy atom. The minimum absolute atomic E-state index is 0.0313. The molecule has 174 valence electrons. The number of halogens is 3. The predicted octanol–water partition coefficient (Wildman–Crippen LogP) is 3.55. The zero-order valence-corrected chi connectivity index (χ0v) is 18.1. The third-order valence-electron chi connectivity index (χ3n) is 5.83. The van der Waals surface area contributed by atoms with Crippen LogP contribution in [0.4, 0.5) is 24.5 Å². The lowest BCUT2D eigenvalue weighted by Gasteiger charge is -2.28. The van der Waals surface area contributed by atoms with Crippen LogP contribution in [0.15, 0.2) is 90.7 Å². The molecule has 0 aromatic heterocycles. The Balaban J connectivity index is 1.83. The van der Waals surface area contributed by atoms with Gasteiger partial charge in [0.25, 0.3) is 0 Å². The van der Waals surface area contributed by atoms with Crippen LogP contribution in [0.1, 0.15) is 5.56 Å². The molecule has 5 rings (SSSR count). The van der Waals surface area contributed by atoms with E-state index in [1.54, 1.807) is 54.8 Å². The molecule has 0 spiro atoms. The van der Waals surface area contributed by atoms with Crippen LogP contribution in [-0.2, 0) is 9.59 Å². The second-order valence-electron chi connectivity index (χ2n) is 8.01. The Hall–Kier alpha value is -4.59. The van der Waals surface area contributed by atoms with Crippen molar-refractivity contribution >= 4 is 35.0 Å². The second kappa shape index (κ2) is 8.32. The minimum atomic E-state index is -5.04. The van der Waals surface area contributed by atoms with Crippen LogP contribution < -0.4 is 26.4 Å². The zero-order chi connectivity index (χ0) is 24.7. The maximum Gasteiger partial charge on any atom is 0.471 e. The smallest absolute Gasteiger partial charge is 0.366 e. The Bertz CT molecular complexity index is 1550. The summed E-state index contributed by atoms with van der Waals surface area (Å²) < 4.78 is 39.3. The van der Waals surface area contributed by atoms with Gasteiger partial charge >= 0.3 is 12.1 Å². The highest BCUT2D eigenvalue weighted by atomic mass is 19.4. The van der Waals surface area contributed by atoms with Crippen molar-refractivity contribution in [2.24, 2.45) is 5.73 Å². The number of hydrogen-bond donors (Lipinski definition) is 2. The number of carbonyl (C=O) groups is 2. The van der Waals surface area contributed by atoms with Gasteiger partial charge in [-0.1, -0.05) is 54.6 Å². The van der Waals surface area contributed by atoms with Gasteiger partial charge in [-0.15, -0.1) is 0 Å². The van der Waals surface area contributed by atoms with E-state index in [0.29, 0.717) is 33.6 Å². The molecule has 0 saturated heterocycles. The van der Waals surface area contributed by atoms with Crippen molar-refractivity contribution in [3.8, 4) is 11.1 Å². The van der Waals surface area contributed by atoms with E-state index in [9.17, 15) is 22.8 Å². The number of anilines is 2. The van der Waals surface area contributed by atoms with E-state index in [0.717, 1.165) is 10.4 Å². The van der Waals surface area contributed by atoms with Crippen molar-refractivity contribution in [2.45, 2.75) is 6.18 Å². The minimum Gasteiger partial charge on any atom is -0.366 e. The summed E-state index contributed by atoms with van der Waals surface area (Å²) in [6.45, 7) is 0.